The lowest BCUT2D eigenvalue weighted by atomic mass is 10.0. The van der Waals surface area contributed by atoms with Gasteiger partial charge >= 0.3 is 0 Å². The van der Waals surface area contributed by atoms with Gasteiger partial charge in [0.2, 0.25) is 0 Å². The number of anilines is 2. The molecule has 0 spiro atoms. The second-order valence-electron chi connectivity index (χ2n) is 17.6. The highest BCUT2D eigenvalue weighted by molar-refractivity contribution is 9.10. The monoisotopic (exact) mass is 946 g/mol. The fraction of sp³-hybridized carbons (Fsp3) is 0.348. The van der Waals surface area contributed by atoms with Crippen molar-refractivity contribution in [3.8, 4) is 22.5 Å². The molecule has 2 saturated carbocycles. The summed E-state index contributed by atoms with van der Waals surface area (Å²) >= 11 is 4.84. The first-order valence-electron chi connectivity index (χ1n) is 21.1. The first-order chi connectivity index (χ1) is 30.5. The number of aromatic nitrogens is 8. The molecule has 16 nitrogen and oxygen atoms in total. The highest BCUT2D eigenvalue weighted by Gasteiger charge is 2.26. The lowest BCUT2D eigenvalue weighted by Crippen LogP contribution is -2.29. The number of aliphatic hydroxyl groups is 2. The van der Waals surface area contributed by atoms with Gasteiger partial charge in [-0.3, -0.25) is 14.6 Å². The Bertz CT molecular complexity index is 2850. The SMILES string of the molecule is Cc1cc(-c2cnc3c(NCC(C)(C)O)cc(Br)nn23)ccc1C(=O)NC1CC1.Cc1cc(-c2cnc3c(NCC(C)(C)O)cc(Sc4cnccn4)nn23)ccc1C(=O)NC1CC1. The number of fused-ring (bicyclic) bond motifs is 2. The minimum Gasteiger partial charge on any atom is -0.389 e. The molecule has 0 aliphatic heterocycles. The number of carbonyl (C=O) groups excluding carboxylic acids is 2. The summed E-state index contributed by atoms with van der Waals surface area (Å²) in [6.07, 6.45) is 12.7. The van der Waals surface area contributed by atoms with Crippen LogP contribution in [0.2, 0.25) is 0 Å². The van der Waals surface area contributed by atoms with Crippen LogP contribution in [0.1, 0.15) is 85.2 Å². The third kappa shape index (κ3) is 11.0. The van der Waals surface area contributed by atoms with Gasteiger partial charge in [-0.05, 0) is 142 Å². The molecule has 2 aliphatic carbocycles. The number of aryl methyl sites for hydroxylation is 2. The zero-order chi connectivity index (χ0) is 45.3. The van der Waals surface area contributed by atoms with Crippen molar-refractivity contribution < 1.29 is 19.8 Å². The van der Waals surface area contributed by atoms with Crippen molar-refractivity contribution in [2.24, 2.45) is 0 Å². The van der Waals surface area contributed by atoms with Gasteiger partial charge in [0, 0.05) is 59.8 Å². The molecule has 5 aromatic heterocycles. The van der Waals surface area contributed by atoms with E-state index in [-0.39, 0.29) is 11.8 Å². The molecule has 5 heterocycles. The second-order valence-corrected chi connectivity index (χ2v) is 19.4. The molecule has 332 valence electrons. The van der Waals surface area contributed by atoms with Crippen molar-refractivity contribution >= 4 is 62.2 Å². The average Bonchev–Trinajstić information content (AvgIpc) is 4.15. The minimum atomic E-state index is -0.901. The molecule has 0 unspecified atom stereocenters. The van der Waals surface area contributed by atoms with E-state index in [1.807, 2.05) is 62.4 Å². The summed E-state index contributed by atoms with van der Waals surface area (Å²) in [4.78, 5) is 42.6. The first-order valence-corrected chi connectivity index (χ1v) is 22.7. The van der Waals surface area contributed by atoms with Gasteiger partial charge in [0.05, 0.1) is 52.6 Å². The number of carbonyl (C=O) groups is 2. The topological polar surface area (TPSA) is 209 Å². The standard InChI is InChI=1S/C25H27N7O2S.C21H24BrN5O2/c1-15-10-16(4-7-18(15)24(33)30-17-5-6-17)20-12-28-23-19(29-14-25(2,3)34)11-21(31-32(20)23)35-22-13-26-8-9-27-22;1-12-8-13(4-7-15(12)20(28)25-14-5-6-14)17-10-23-19-16(24-11-21(2,3)29)9-18(22)26-27(17)19/h4,7-13,17,29,34H,5-6,14H2,1-3H3,(H,30,33);4,7-10,14,24,29H,5-6,11H2,1-3H3,(H,25,28). The predicted molar refractivity (Wildman–Crippen MR) is 251 cm³/mol. The Morgan fingerprint density at radius 1 is 0.688 bits per heavy atom. The molecule has 2 fully saturated rings. The zero-order valence-electron chi connectivity index (χ0n) is 36.5. The number of benzene rings is 2. The molecule has 0 saturated heterocycles. The Morgan fingerprint density at radius 3 is 1.64 bits per heavy atom. The highest BCUT2D eigenvalue weighted by Crippen LogP contribution is 2.32. The van der Waals surface area contributed by atoms with Crippen LogP contribution in [0, 0.1) is 13.8 Å². The fourth-order valence-electron chi connectivity index (χ4n) is 6.79. The van der Waals surface area contributed by atoms with E-state index in [4.69, 9.17) is 5.10 Å². The summed E-state index contributed by atoms with van der Waals surface area (Å²) in [7, 11) is 0. The molecule has 2 aromatic carbocycles. The molecule has 2 amide bonds. The molecule has 0 radical (unpaired) electrons. The summed E-state index contributed by atoms with van der Waals surface area (Å²) < 4.78 is 4.19. The number of halogens is 1. The van der Waals surface area contributed by atoms with Crippen molar-refractivity contribution in [1.82, 2.24) is 49.8 Å². The summed E-state index contributed by atoms with van der Waals surface area (Å²) in [6.45, 7) is 11.6. The van der Waals surface area contributed by atoms with Crippen LogP contribution in [0.15, 0.2) is 94.2 Å². The van der Waals surface area contributed by atoms with Crippen LogP contribution in [0.4, 0.5) is 11.4 Å². The molecule has 0 bridgehead atoms. The average molecular weight is 948 g/mol. The van der Waals surface area contributed by atoms with Crippen LogP contribution in [0.25, 0.3) is 33.8 Å². The molecular weight excluding hydrogens is 897 g/mol. The second kappa shape index (κ2) is 18.3. The molecule has 7 aromatic rings. The lowest BCUT2D eigenvalue weighted by Gasteiger charge is -2.19. The molecule has 6 N–H and O–H groups in total. The van der Waals surface area contributed by atoms with Crippen molar-refractivity contribution in [1.29, 1.82) is 0 Å². The third-order valence-electron chi connectivity index (χ3n) is 10.4. The maximum Gasteiger partial charge on any atom is 0.251 e. The molecule has 18 heteroatoms. The zero-order valence-corrected chi connectivity index (χ0v) is 38.9. The van der Waals surface area contributed by atoms with E-state index in [1.165, 1.54) is 11.8 Å². The van der Waals surface area contributed by atoms with Gasteiger partial charge in [-0.1, -0.05) is 12.1 Å². The van der Waals surface area contributed by atoms with Crippen LogP contribution < -0.4 is 21.3 Å². The maximum atomic E-state index is 12.6. The van der Waals surface area contributed by atoms with Gasteiger partial charge in [0.1, 0.15) is 14.7 Å². The Labute approximate surface area is 383 Å². The van der Waals surface area contributed by atoms with Crippen molar-refractivity contribution in [2.75, 3.05) is 23.7 Å². The number of amides is 2. The maximum absolute atomic E-state index is 12.6. The number of imidazole rings is 2. The summed E-state index contributed by atoms with van der Waals surface area (Å²) in [5.74, 6) is -0.0535. The van der Waals surface area contributed by atoms with Gasteiger partial charge in [0.15, 0.2) is 11.3 Å². The Kier molecular flexibility index (Phi) is 12.7. The van der Waals surface area contributed by atoms with Crippen molar-refractivity contribution in [3.05, 3.63) is 106 Å². The summed E-state index contributed by atoms with van der Waals surface area (Å²) in [6, 6.07) is 15.9. The van der Waals surface area contributed by atoms with Crippen LogP contribution in [0.5, 0.6) is 0 Å². The predicted octanol–water partition coefficient (Wildman–Crippen LogP) is 7.26. The summed E-state index contributed by atoms with van der Waals surface area (Å²) in [5, 5.41) is 43.6. The number of nitrogens with zero attached hydrogens (tertiary/aromatic N) is 8. The molecule has 0 atom stereocenters. The Balaban J connectivity index is 0.000000178. The normalized spacial score (nSPS) is 14.0. The Morgan fingerprint density at radius 2 is 1.19 bits per heavy atom. The van der Waals surface area contributed by atoms with Crippen LogP contribution in [-0.4, -0.2) is 97.6 Å². The highest BCUT2D eigenvalue weighted by atomic mass is 79.9. The number of rotatable bonds is 14. The van der Waals surface area contributed by atoms with Crippen molar-refractivity contribution in [3.63, 3.8) is 0 Å². The molecular formula is C46H51BrN12O4S. The van der Waals surface area contributed by atoms with Crippen molar-refractivity contribution in [2.45, 2.75) is 101 Å². The minimum absolute atomic E-state index is 0.0198. The van der Waals surface area contributed by atoms with Gasteiger partial charge in [0.25, 0.3) is 11.8 Å². The van der Waals surface area contributed by atoms with Gasteiger partial charge in [-0.15, -0.1) is 0 Å². The van der Waals surface area contributed by atoms with E-state index in [1.54, 1.807) is 67.7 Å². The molecule has 2 aliphatic rings. The lowest BCUT2D eigenvalue weighted by molar-refractivity contribution is 0.0939. The van der Waals surface area contributed by atoms with Crippen LogP contribution >= 0.6 is 27.7 Å². The Hall–Kier alpha value is -5.95. The third-order valence-corrected chi connectivity index (χ3v) is 11.6. The van der Waals surface area contributed by atoms with E-state index >= 15 is 0 Å². The van der Waals surface area contributed by atoms with E-state index in [9.17, 15) is 19.8 Å². The summed E-state index contributed by atoms with van der Waals surface area (Å²) in [5.41, 5.74) is 7.69. The van der Waals surface area contributed by atoms with E-state index in [0.29, 0.717) is 57.2 Å². The molecule has 9 rings (SSSR count). The largest absolute Gasteiger partial charge is 0.389 e. The fourth-order valence-corrected chi connectivity index (χ4v) is 7.92. The number of hydrogen-bond donors (Lipinski definition) is 6. The van der Waals surface area contributed by atoms with Crippen LogP contribution in [0.3, 0.4) is 0 Å². The van der Waals surface area contributed by atoms with Gasteiger partial charge in [-0.2, -0.15) is 10.2 Å². The van der Waals surface area contributed by atoms with E-state index < -0.39 is 11.2 Å². The smallest absolute Gasteiger partial charge is 0.251 e. The number of hydrogen-bond acceptors (Lipinski definition) is 13. The van der Waals surface area contributed by atoms with Gasteiger partial charge < -0.3 is 31.5 Å². The quantitative estimate of drug-likeness (QED) is 0.0635. The van der Waals surface area contributed by atoms with Gasteiger partial charge in [-0.25, -0.2) is 24.0 Å². The van der Waals surface area contributed by atoms with E-state index in [0.717, 1.165) is 75.7 Å². The molecule has 64 heavy (non-hydrogen) atoms. The number of nitrogens with one attached hydrogen (secondary N) is 4. The van der Waals surface area contributed by atoms with Crippen LogP contribution in [-0.2, 0) is 0 Å². The van der Waals surface area contributed by atoms with E-state index in [2.05, 4.69) is 62.2 Å². The first kappa shape index (κ1) is 44.6.